The second-order valence-electron chi connectivity index (χ2n) is 8.84. The van der Waals surface area contributed by atoms with E-state index < -0.39 is 23.4 Å². The van der Waals surface area contributed by atoms with Gasteiger partial charge in [0.05, 0.1) is 11.4 Å². The summed E-state index contributed by atoms with van der Waals surface area (Å²) in [4.78, 5) is 24.1. The fourth-order valence-electron chi connectivity index (χ4n) is 2.43. The molecule has 0 saturated carbocycles. The molecular weight excluding hydrogens is 404 g/mol. The van der Waals surface area contributed by atoms with E-state index >= 15 is 0 Å². The number of ether oxygens (including phenoxy) is 2. The Kier molecular flexibility index (Phi) is 7.93. The maximum absolute atomic E-state index is 12.1. The van der Waals surface area contributed by atoms with Gasteiger partial charge in [-0.3, -0.25) is 10.6 Å². The third-order valence-electron chi connectivity index (χ3n) is 3.58. The van der Waals surface area contributed by atoms with Crippen LogP contribution < -0.4 is 10.6 Å². The Morgan fingerprint density at radius 2 is 1.00 bits per heavy atom. The summed E-state index contributed by atoms with van der Waals surface area (Å²) < 4.78 is 10.6. The van der Waals surface area contributed by atoms with Crippen molar-refractivity contribution in [2.45, 2.75) is 52.7 Å². The van der Waals surface area contributed by atoms with Gasteiger partial charge in [0.2, 0.25) is 0 Å². The van der Waals surface area contributed by atoms with Gasteiger partial charge in [0, 0.05) is 11.1 Å². The van der Waals surface area contributed by atoms with Crippen LogP contribution in [0.4, 0.5) is 21.0 Å². The largest absolute Gasteiger partial charge is 0.444 e. The smallest absolute Gasteiger partial charge is 0.412 e. The Bertz CT molecular complexity index is 1010. The summed E-state index contributed by atoms with van der Waals surface area (Å²) in [6, 6.07) is 14.3. The zero-order valence-corrected chi connectivity index (χ0v) is 19.3. The van der Waals surface area contributed by atoms with Crippen molar-refractivity contribution >= 4 is 23.6 Å². The second kappa shape index (κ2) is 10.4. The van der Waals surface area contributed by atoms with E-state index in [0.717, 1.165) is 0 Å². The Hall–Kier alpha value is -3.90. The molecule has 2 aromatic carbocycles. The molecule has 166 valence electrons. The highest BCUT2D eigenvalue weighted by molar-refractivity contribution is 5.87. The minimum absolute atomic E-state index is 0.531. The molecule has 0 aliphatic carbocycles. The Morgan fingerprint density at radius 3 is 1.34 bits per heavy atom. The lowest BCUT2D eigenvalue weighted by molar-refractivity contribution is 0.0624. The summed E-state index contributed by atoms with van der Waals surface area (Å²) >= 11 is 0. The first-order valence-corrected chi connectivity index (χ1v) is 10.1. The van der Waals surface area contributed by atoms with Gasteiger partial charge in [-0.1, -0.05) is 36.1 Å². The topological polar surface area (TPSA) is 76.7 Å². The number of carbonyl (C=O) groups excluding carboxylic acids is 2. The standard InChI is InChI=1S/C26H28N2O4/c1-25(2,3)31-23(29)27-21-17-11-9-15-19(21)13-7-8-14-20-16-10-12-18-22(20)28-24(30)32-26(4,5)6/h9-12,15-18H,1-6H3,(H,27,29)(H,28,30). The fraction of sp³-hybridized carbons (Fsp3) is 0.308. The Balaban J connectivity index is 2.16. The molecule has 2 aromatic rings. The maximum Gasteiger partial charge on any atom is 0.412 e. The van der Waals surface area contributed by atoms with Gasteiger partial charge >= 0.3 is 12.2 Å². The van der Waals surface area contributed by atoms with Gasteiger partial charge in [0.25, 0.3) is 0 Å². The number of rotatable bonds is 2. The molecule has 0 aliphatic rings. The van der Waals surface area contributed by atoms with Crippen LogP contribution in [0.3, 0.4) is 0 Å². The molecule has 0 unspecified atom stereocenters. The van der Waals surface area contributed by atoms with Crippen molar-refractivity contribution in [3.8, 4) is 23.7 Å². The summed E-state index contributed by atoms with van der Waals surface area (Å²) in [5, 5.41) is 5.40. The van der Waals surface area contributed by atoms with Crippen LogP contribution in [0.2, 0.25) is 0 Å². The summed E-state index contributed by atoms with van der Waals surface area (Å²) in [7, 11) is 0. The van der Waals surface area contributed by atoms with Gasteiger partial charge in [-0.05, 0) is 77.6 Å². The monoisotopic (exact) mass is 432 g/mol. The van der Waals surface area contributed by atoms with E-state index in [4.69, 9.17) is 9.47 Å². The van der Waals surface area contributed by atoms with Crippen LogP contribution in [0.15, 0.2) is 48.5 Å². The van der Waals surface area contributed by atoms with Crippen molar-refractivity contribution in [1.82, 2.24) is 0 Å². The minimum atomic E-state index is -0.600. The van der Waals surface area contributed by atoms with Crippen LogP contribution in [0.5, 0.6) is 0 Å². The molecule has 0 atom stereocenters. The van der Waals surface area contributed by atoms with Gasteiger partial charge < -0.3 is 9.47 Å². The van der Waals surface area contributed by atoms with Crippen molar-refractivity contribution in [1.29, 1.82) is 0 Å². The number of carbonyl (C=O) groups is 2. The van der Waals surface area contributed by atoms with E-state index in [0.29, 0.717) is 22.5 Å². The second-order valence-corrected chi connectivity index (χ2v) is 8.84. The quantitative estimate of drug-likeness (QED) is 0.590. The highest BCUT2D eigenvalue weighted by Crippen LogP contribution is 2.17. The molecule has 0 heterocycles. The lowest BCUT2D eigenvalue weighted by Gasteiger charge is -2.20. The predicted octanol–water partition coefficient (Wildman–Crippen LogP) is 5.78. The molecule has 2 N–H and O–H groups in total. The van der Waals surface area contributed by atoms with Gasteiger partial charge in [-0.2, -0.15) is 0 Å². The number of hydrogen-bond acceptors (Lipinski definition) is 4. The van der Waals surface area contributed by atoms with Gasteiger partial charge in [-0.25, -0.2) is 9.59 Å². The first-order valence-electron chi connectivity index (χ1n) is 10.1. The van der Waals surface area contributed by atoms with Crippen molar-refractivity contribution < 1.29 is 19.1 Å². The lowest BCUT2D eigenvalue weighted by Crippen LogP contribution is -2.27. The number of para-hydroxylation sites is 2. The Labute approximate surface area is 189 Å². The average Bonchev–Trinajstić information content (AvgIpc) is 2.64. The highest BCUT2D eigenvalue weighted by Gasteiger charge is 2.17. The molecule has 0 aromatic heterocycles. The van der Waals surface area contributed by atoms with Crippen molar-refractivity contribution in [3.63, 3.8) is 0 Å². The van der Waals surface area contributed by atoms with Crippen LogP contribution in [0.1, 0.15) is 52.7 Å². The molecule has 0 spiro atoms. The van der Waals surface area contributed by atoms with Gasteiger partial charge in [-0.15, -0.1) is 0 Å². The normalized spacial score (nSPS) is 10.6. The molecule has 0 fully saturated rings. The summed E-state index contributed by atoms with van der Waals surface area (Å²) in [6.07, 6.45) is -1.11. The first-order chi connectivity index (χ1) is 14.9. The molecule has 32 heavy (non-hydrogen) atoms. The van der Waals surface area contributed by atoms with Crippen molar-refractivity contribution in [3.05, 3.63) is 59.7 Å². The highest BCUT2D eigenvalue weighted by atomic mass is 16.6. The molecule has 0 bridgehead atoms. The number of hydrogen-bond donors (Lipinski definition) is 2. The molecule has 0 radical (unpaired) electrons. The first kappa shape index (κ1) is 24.4. The van der Waals surface area contributed by atoms with Crippen molar-refractivity contribution in [2.75, 3.05) is 10.6 Å². The molecular formula is C26H28N2O4. The molecule has 2 amide bonds. The summed E-state index contributed by atoms with van der Waals surface area (Å²) in [5.74, 6) is 11.4. The van der Waals surface area contributed by atoms with Crippen LogP contribution in [-0.4, -0.2) is 23.4 Å². The Morgan fingerprint density at radius 1 is 0.656 bits per heavy atom. The van der Waals surface area contributed by atoms with E-state index in [9.17, 15) is 9.59 Å². The minimum Gasteiger partial charge on any atom is -0.444 e. The molecule has 2 rings (SSSR count). The van der Waals surface area contributed by atoms with E-state index in [1.165, 1.54) is 0 Å². The van der Waals surface area contributed by atoms with E-state index in [1.54, 1.807) is 77.9 Å². The van der Waals surface area contributed by atoms with Gasteiger partial charge in [0.15, 0.2) is 0 Å². The van der Waals surface area contributed by atoms with Crippen LogP contribution in [0, 0.1) is 23.7 Å². The molecule has 6 heteroatoms. The molecule has 0 saturated heterocycles. The van der Waals surface area contributed by atoms with Crippen LogP contribution in [0.25, 0.3) is 0 Å². The van der Waals surface area contributed by atoms with E-state index in [2.05, 4.69) is 34.3 Å². The van der Waals surface area contributed by atoms with Crippen LogP contribution in [-0.2, 0) is 9.47 Å². The number of anilines is 2. The van der Waals surface area contributed by atoms with E-state index in [1.807, 2.05) is 12.1 Å². The molecule has 0 aliphatic heterocycles. The third kappa shape index (κ3) is 8.85. The third-order valence-corrected chi connectivity index (χ3v) is 3.58. The number of nitrogens with one attached hydrogen (secondary N) is 2. The maximum atomic E-state index is 12.1. The fourth-order valence-corrected chi connectivity index (χ4v) is 2.43. The number of benzene rings is 2. The van der Waals surface area contributed by atoms with Crippen LogP contribution >= 0.6 is 0 Å². The van der Waals surface area contributed by atoms with Gasteiger partial charge in [0.1, 0.15) is 11.2 Å². The average molecular weight is 433 g/mol. The predicted molar refractivity (Wildman–Crippen MR) is 126 cm³/mol. The van der Waals surface area contributed by atoms with Crippen molar-refractivity contribution in [2.24, 2.45) is 0 Å². The summed E-state index contributed by atoms with van der Waals surface area (Å²) in [6.45, 7) is 10.8. The summed E-state index contributed by atoms with van der Waals surface area (Å²) in [5.41, 5.74) is 1.07. The number of amides is 2. The SMILES string of the molecule is CC(C)(C)OC(=O)Nc1ccccc1C#CC#Cc1ccccc1NC(=O)OC(C)(C)C. The van der Waals surface area contributed by atoms with E-state index in [-0.39, 0.29) is 0 Å². The lowest BCUT2D eigenvalue weighted by atomic mass is 10.1. The zero-order chi connectivity index (χ0) is 23.8. The molecule has 6 nitrogen and oxygen atoms in total. The zero-order valence-electron chi connectivity index (χ0n) is 19.3.